The zero-order valence-corrected chi connectivity index (χ0v) is 11.3. The van der Waals surface area contributed by atoms with Gasteiger partial charge in [0.1, 0.15) is 0 Å². The Balaban J connectivity index is 2.20. The first kappa shape index (κ1) is 12.8. The Morgan fingerprint density at radius 2 is 2.06 bits per heavy atom. The van der Waals surface area contributed by atoms with Crippen molar-refractivity contribution in [3.8, 4) is 11.3 Å². The Morgan fingerprint density at radius 3 is 2.67 bits per heavy atom. The van der Waals surface area contributed by atoms with Gasteiger partial charge in [0.15, 0.2) is 0 Å². The summed E-state index contributed by atoms with van der Waals surface area (Å²) < 4.78 is 4.65. The average molecular weight is 261 g/mol. The van der Waals surface area contributed by atoms with Crippen LogP contribution in [0.4, 0.5) is 0 Å². The molecular weight excluding hydrogens is 246 g/mol. The number of rotatable bonds is 4. The van der Waals surface area contributed by atoms with Gasteiger partial charge < -0.3 is 4.74 Å². The Hall–Kier alpha value is -1.68. The standard InChI is InChI=1S/C14H15NO2S/c1-3-4-10-5-7-11(8-6-10)12-9-18-13(15-12)14(16)17-2/h5-9H,3-4H2,1-2H3. The van der Waals surface area contributed by atoms with E-state index in [1.807, 2.05) is 17.5 Å². The van der Waals surface area contributed by atoms with E-state index in [1.165, 1.54) is 24.0 Å². The number of aromatic nitrogens is 1. The van der Waals surface area contributed by atoms with Crippen molar-refractivity contribution in [2.45, 2.75) is 19.8 Å². The van der Waals surface area contributed by atoms with Crippen LogP contribution in [0.25, 0.3) is 11.3 Å². The van der Waals surface area contributed by atoms with Crippen molar-refractivity contribution >= 4 is 17.3 Å². The van der Waals surface area contributed by atoms with E-state index in [-0.39, 0.29) is 5.97 Å². The fourth-order valence-electron chi connectivity index (χ4n) is 1.72. The van der Waals surface area contributed by atoms with E-state index in [1.54, 1.807) is 0 Å². The van der Waals surface area contributed by atoms with Gasteiger partial charge in [-0.1, -0.05) is 37.6 Å². The highest BCUT2D eigenvalue weighted by atomic mass is 32.1. The largest absolute Gasteiger partial charge is 0.464 e. The van der Waals surface area contributed by atoms with E-state index in [0.717, 1.165) is 24.1 Å². The second-order valence-electron chi connectivity index (χ2n) is 3.98. The zero-order chi connectivity index (χ0) is 13.0. The minimum Gasteiger partial charge on any atom is -0.464 e. The van der Waals surface area contributed by atoms with Crippen LogP contribution >= 0.6 is 11.3 Å². The number of methoxy groups -OCH3 is 1. The van der Waals surface area contributed by atoms with Gasteiger partial charge in [0.2, 0.25) is 5.01 Å². The highest BCUT2D eigenvalue weighted by Crippen LogP contribution is 2.23. The molecule has 0 saturated carbocycles. The molecule has 2 aromatic rings. The summed E-state index contributed by atoms with van der Waals surface area (Å²) in [5.74, 6) is -0.381. The van der Waals surface area contributed by atoms with Gasteiger partial charge in [0.25, 0.3) is 0 Å². The van der Waals surface area contributed by atoms with Crippen molar-refractivity contribution in [2.24, 2.45) is 0 Å². The summed E-state index contributed by atoms with van der Waals surface area (Å²) in [5.41, 5.74) is 3.18. The van der Waals surface area contributed by atoms with Crippen LogP contribution in [0.1, 0.15) is 28.7 Å². The second kappa shape index (κ2) is 5.78. The lowest BCUT2D eigenvalue weighted by Crippen LogP contribution is -1.99. The predicted octanol–water partition coefficient (Wildman–Crippen LogP) is 3.55. The second-order valence-corrected chi connectivity index (χ2v) is 4.83. The van der Waals surface area contributed by atoms with Crippen molar-refractivity contribution in [2.75, 3.05) is 7.11 Å². The normalized spacial score (nSPS) is 10.3. The fourth-order valence-corrected chi connectivity index (χ4v) is 2.46. The summed E-state index contributed by atoms with van der Waals surface area (Å²) in [5, 5.41) is 2.27. The number of carbonyl (C=O) groups excluding carboxylic acids is 1. The topological polar surface area (TPSA) is 39.2 Å². The number of hydrogen-bond acceptors (Lipinski definition) is 4. The molecule has 0 atom stereocenters. The van der Waals surface area contributed by atoms with Gasteiger partial charge >= 0.3 is 5.97 Å². The molecule has 94 valence electrons. The number of benzene rings is 1. The van der Waals surface area contributed by atoms with Crippen LogP contribution in [0.2, 0.25) is 0 Å². The molecule has 0 aliphatic carbocycles. The maximum absolute atomic E-state index is 11.3. The van der Waals surface area contributed by atoms with Crippen molar-refractivity contribution in [3.63, 3.8) is 0 Å². The fraction of sp³-hybridized carbons (Fsp3) is 0.286. The summed E-state index contributed by atoms with van der Waals surface area (Å²) in [6.07, 6.45) is 2.23. The predicted molar refractivity (Wildman–Crippen MR) is 72.9 cm³/mol. The van der Waals surface area contributed by atoms with Crippen LogP contribution in [0.5, 0.6) is 0 Å². The van der Waals surface area contributed by atoms with E-state index in [0.29, 0.717) is 5.01 Å². The van der Waals surface area contributed by atoms with Crippen molar-refractivity contribution in [1.82, 2.24) is 4.98 Å². The van der Waals surface area contributed by atoms with Gasteiger partial charge in [-0.05, 0) is 12.0 Å². The van der Waals surface area contributed by atoms with E-state index < -0.39 is 0 Å². The number of hydrogen-bond donors (Lipinski definition) is 0. The minimum absolute atomic E-state index is 0.381. The van der Waals surface area contributed by atoms with E-state index >= 15 is 0 Å². The molecule has 0 amide bonds. The van der Waals surface area contributed by atoms with E-state index in [4.69, 9.17) is 0 Å². The molecule has 0 unspecified atom stereocenters. The Labute approximate surface area is 110 Å². The molecule has 0 spiro atoms. The molecule has 0 aliphatic rings. The van der Waals surface area contributed by atoms with Crippen molar-refractivity contribution in [1.29, 1.82) is 0 Å². The van der Waals surface area contributed by atoms with Gasteiger partial charge in [-0.3, -0.25) is 0 Å². The molecule has 4 heteroatoms. The third kappa shape index (κ3) is 2.76. The monoisotopic (exact) mass is 261 g/mol. The first-order chi connectivity index (χ1) is 8.74. The smallest absolute Gasteiger partial charge is 0.367 e. The maximum atomic E-state index is 11.3. The lowest BCUT2D eigenvalue weighted by Gasteiger charge is -2.00. The quantitative estimate of drug-likeness (QED) is 0.790. The lowest BCUT2D eigenvalue weighted by atomic mass is 10.1. The average Bonchev–Trinajstić information content (AvgIpc) is 2.89. The number of ether oxygens (including phenoxy) is 1. The number of esters is 1. The van der Waals surface area contributed by atoms with E-state index in [2.05, 4.69) is 28.8 Å². The zero-order valence-electron chi connectivity index (χ0n) is 10.5. The van der Waals surface area contributed by atoms with Crippen LogP contribution in [-0.2, 0) is 11.2 Å². The highest BCUT2D eigenvalue weighted by molar-refractivity contribution is 7.11. The van der Waals surface area contributed by atoms with Gasteiger partial charge in [0.05, 0.1) is 12.8 Å². The molecule has 0 N–H and O–H groups in total. The van der Waals surface area contributed by atoms with Crippen molar-refractivity contribution < 1.29 is 9.53 Å². The summed E-state index contributed by atoms with van der Waals surface area (Å²) in [6.45, 7) is 2.16. The van der Waals surface area contributed by atoms with Crippen LogP contribution in [0.3, 0.4) is 0 Å². The molecule has 0 radical (unpaired) electrons. The molecular formula is C14H15NO2S. The summed E-state index contributed by atoms with van der Waals surface area (Å²) >= 11 is 1.31. The number of carbonyl (C=O) groups is 1. The first-order valence-corrected chi connectivity index (χ1v) is 6.75. The third-order valence-electron chi connectivity index (χ3n) is 2.65. The molecule has 0 fully saturated rings. The molecule has 1 aromatic carbocycles. The molecule has 0 bridgehead atoms. The Bertz CT molecular complexity index is 531. The molecule has 2 rings (SSSR count). The number of thiazole rings is 1. The van der Waals surface area contributed by atoms with Crippen molar-refractivity contribution in [3.05, 3.63) is 40.2 Å². The molecule has 3 nitrogen and oxygen atoms in total. The van der Waals surface area contributed by atoms with Gasteiger partial charge in [-0.2, -0.15) is 0 Å². The van der Waals surface area contributed by atoms with Gasteiger partial charge in [-0.25, -0.2) is 9.78 Å². The molecule has 1 heterocycles. The third-order valence-corrected chi connectivity index (χ3v) is 3.47. The first-order valence-electron chi connectivity index (χ1n) is 5.87. The SMILES string of the molecule is CCCc1ccc(-c2csc(C(=O)OC)n2)cc1. The highest BCUT2D eigenvalue weighted by Gasteiger charge is 2.11. The van der Waals surface area contributed by atoms with Crippen LogP contribution < -0.4 is 0 Å². The molecule has 18 heavy (non-hydrogen) atoms. The Kier molecular flexibility index (Phi) is 4.10. The lowest BCUT2D eigenvalue weighted by molar-refractivity contribution is 0.0600. The molecule has 0 aliphatic heterocycles. The summed E-state index contributed by atoms with van der Waals surface area (Å²) in [7, 11) is 1.36. The number of nitrogens with zero attached hydrogens (tertiary/aromatic N) is 1. The summed E-state index contributed by atoms with van der Waals surface area (Å²) in [6, 6.07) is 8.30. The summed E-state index contributed by atoms with van der Waals surface area (Å²) in [4.78, 5) is 15.6. The Morgan fingerprint density at radius 1 is 1.33 bits per heavy atom. The molecule has 0 saturated heterocycles. The van der Waals surface area contributed by atoms with Gasteiger partial charge in [-0.15, -0.1) is 11.3 Å². The maximum Gasteiger partial charge on any atom is 0.367 e. The minimum atomic E-state index is -0.381. The van der Waals surface area contributed by atoms with Crippen LogP contribution in [0.15, 0.2) is 29.6 Å². The number of aryl methyl sites for hydroxylation is 1. The van der Waals surface area contributed by atoms with Crippen LogP contribution in [-0.4, -0.2) is 18.1 Å². The van der Waals surface area contributed by atoms with Gasteiger partial charge in [0, 0.05) is 10.9 Å². The van der Waals surface area contributed by atoms with Crippen LogP contribution in [0, 0.1) is 0 Å². The van der Waals surface area contributed by atoms with E-state index in [9.17, 15) is 4.79 Å². The molecule has 1 aromatic heterocycles.